The maximum Gasteiger partial charge on any atom is 0.146 e. The van der Waals surface area contributed by atoms with E-state index in [1.807, 2.05) is 12.2 Å². The number of hydrogen-bond donors (Lipinski definition) is 2. The van der Waals surface area contributed by atoms with Crippen LogP contribution < -0.4 is 0 Å². The second-order valence-electron chi connectivity index (χ2n) is 3.52. The topological polar surface area (TPSA) is 58.9 Å². The first kappa shape index (κ1) is 11.7. The van der Waals surface area contributed by atoms with E-state index in [-0.39, 0.29) is 37.8 Å². The molecule has 0 aromatic heterocycles. The van der Waals surface area contributed by atoms with Crippen LogP contribution in [0.3, 0.4) is 0 Å². The third-order valence-corrected chi connectivity index (χ3v) is 2.64. The number of rotatable bonds is 6. The third-order valence-electron chi connectivity index (χ3n) is 2.64. The molecule has 0 saturated carbocycles. The van der Waals surface area contributed by atoms with Crippen LogP contribution in [0.25, 0.3) is 0 Å². The lowest BCUT2D eigenvalue weighted by Crippen LogP contribution is -2.26. The monoisotopic (exact) mass is 202 g/mol. The molecule has 0 amide bonds. The summed E-state index contributed by atoms with van der Waals surface area (Å²) >= 11 is 0. The zero-order valence-electron chi connectivity index (χ0n) is 8.43. The third kappa shape index (κ3) is 2.78. The van der Waals surface area contributed by atoms with Crippen LogP contribution in [0.2, 0.25) is 0 Å². The molecular formula is C10H18O4. The van der Waals surface area contributed by atoms with Crippen molar-refractivity contribution in [3.05, 3.63) is 12.2 Å². The van der Waals surface area contributed by atoms with Gasteiger partial charge in [-0.3, -0.25) is 0 Å². The minimum Gasteiger partial charge on any atom is -0.396 e. The summed E-state index contributed by atoms with van der Waals surface area (Å²) in [5, 5.41) is 18.2. The first-order valence-corrected chi connectivity index (χ1v) is 4.80. The first-order valence-electron chi connectivity index (χ1n) is 4.80. The van der Waals surface area contributed by atoms with Crippen LogP contribution in [-0.4, -0.2) is 43.9 Å². The Morgan fingerprint density at radius 1 is 1.14 bits per heavy atom. The van der Waals surface area contributed by atoms with E-state index < -0.39 is 0 Å². The highest BCUT2D eigenvalue weighted by Gasteiger charge is 2.30. The van der Waals surface area contributed by atoms with Gasteiger partial charge >= 0.3 is 0 Å². The van der Waals surface area contributed by atoms with Gasteiger partial charge in [0.2, 0.25) is 0 Å². The molecule has 1 aliphatic carbocycles. The van der Waals surface area contributed by atoms with Crippen LogP contribution in [0.15, 0.2) is 12.2 Å². The second-order valence-corrected chi connectivity index (χ2v) is 3.52. The molecule has 0 aromatic rings. The van der Waals surface area contributed by atoms with E-state index in [9.17, 15) is 0 Å². The van der Waals surface area contributed by atoms with Gasteiger partial charge in [0.25, 0.3) is 0 Å². The summed E-state index contributed by atoms with van der Waals surface area (Å²) in [6.45, 7) is 0.978. The van der Waals surface area contributed by atoms with Gasteiger partial charge in [0.15, 0.2) is 0 Å². The quantitative estimate of drug-likeness (QED) is 0.362. The van der Waals surface area contributed by atoms with Gasteiger partial charge in [0, 0.05) is 32.2 Å². The molecule has 0 aromatic carbocycles. The summed E-state index contributed by atoms with van der Waals surface area (Å²) in [5.74, 6) is 0.369. The Kier molecular flexibility index (Phi) is 5.11. The fraction of sp³-hybridized carbons (Fsp3) is 0.800. The fourth-order valence-electron chi connectivity index (χ4n) is 1.80. The largest absolute Gasteiger partial charge is 0.396 e. The molecule has 3 atom stereocenters. The minimum atomic E-state index is 0.101. The van der Waals surface area contributed by atoms with Crippen LogP contribution in [-0.2, 0) is 9.47 Å². The molecule has 82 valence electrons. The molecule has 0 bridgehead atoms. The molecule has 0 aliphatic heterocycles. The first-order chi connectivity index (χ1) is 6.83. The van der Waals surface area contributed by atoms with Crippen LogP contribution in [0.1, 0.15) is 0 Å². The number of aliphatic hydroxyl groups is 2. The number of hydrogen-bond acceptors (Lipinski definition) is 4. The Morgan fingerprint density at radius 3 is 2.14 bits per heavy atom. The zero-order valence-corrected chi connectivity index (χ0v) is 8.43. The summed E-state index contributed by atoms with van der Waals surface area (Å²) in [6, 6.07) is 0. The summed E-state index contributed by atoms with van der Waals surface area (Å²) in [7, 11) is 1.57. The Labute approximate surface area is 84.1 Å². The molecule has 0 heterocycles. The van der Waals surface area contributed by atoms with Gasteiger partial charge in [-0.05, 0) is 5.92 Å². The highest BCUT2D eigenvalue weighted by atomic mass is 16.7. The van der Waals surface area contributed by atoms with Crippen molar-refractivity contribution in [1.29, 1.82) is 0 Å². The lowest BCUT2D eigenvalue weighted by Gasteiger charge is -2.22. The van der Waals surface area contributed by atoms with Crippen molar-refractivity contribution in [1.82, 2.24) is 0 Å². The van der Waals surface area contributed by atoms with Gasteiger partial charge < -0.3 is 19.7 Å². The Morgan fingerprint density at radius 2 is 1.71 bits per heavy atom. The van der Waals surface area contributed by atoms with Crippen LogP contribution >= 0.6 is 0 Å². The lowest BCUT2D eigenvalue weighted by atomic mass is 9.90. The van der Waals surface area contributed by atoms with Crippen molar-refractivity contribution in [3.8, 4) is 0 Å². The lowest BCUT2D eigenvalue weighted by molar-refractivity contribution is -0.0564. The molecule has 14 heavy (non-hydrogen) atoms. The van der Waals surface area contributed by atoms with Crippen LogP contribution in [0.4, 0.5) is 0 Å². The van der Waals surface area contributed by atoms with Crippen molar-refractivity contribution in [2.45, 2.75) is 0 Å². The van der Waals surface area contributed by atoms with E-state index in [1.54, 1.807) is 7.11 Å². The van der Waals surface area contributed by atoms with Gasteiger partial charge in [0.1, 0.15) is 6.79 Å². The predicted octanol–water partition coefficient (Wildman–Crippen LogP) is 0.00990. The van der Waals surface area contributed by atoms with Crippen LogP contribution in [0, 0.1) is 17.8 Å². The van der Waals surface area contributed by atoms with E-state index in [1.165, 1.54) is 0 Å². The predicted molar refractivity (Wildman–Crippen MR) is 51.6 cm³/mol. The van der Waals surface area contributed by atoms with Gasteiger partial charge in [-0.25, -0.2) is 0 Å². The highest BCUT2D eigenvalue weighted by Crippen LogP contribution is 2.30. The summed E-state index contributed by atoms with van der Waals surface area (Å²) in [5.41, 5.74) is 0. The van der Waals surface area contributed by atoms with E-state index in [0.717, 1.165) is 0 Å². The van der Waals surface area contributed by atoms with Gasteiger partial charge in [0.05, 0.1) is 6.61 Å². The van der Waals surface area contributed by atoms with Crippen molar-refractivity contribution in [2.24, 2.45) is 17.8 Å². The molecule has 4 heteroatoms. The average molecular weight is 202 g/mol. The molecule has 4 nitrogen and oxygen atoms in total. The number of methoxy groups -OCH3 is 1. The van der Waals surface area contributed by atoms with Gasteiger partial charge in [-0.15, -0.1) is 0 Å². The summed E-state index contributed by atoms with van der Waals surface area (Å²) in [6.07, 6.45) is 3.89. The normalized spacial score (nSPS) is 31.2. The van der Waals surface area contributed by atoms with Gasteiger partial charge in [-0.1, -0.05) is 12.2 Å². The Hall–Kier alpha value is -0.420. The maximum absolute atomic E-state index is 9.09. The molecule has 1 unspecified atom stereocenters. The van der Waals surface area contributed by atoms with E-state index >= 15 is 0 Å². The van der Waals surface area contributed by atoms with Crippen molar-refractivity contribution < 1.29 is 19.7 Å². The van der Waals surface area contributed by atoms with Gasteiger partial charge in [-0.2, -0.15) is 0 Å². The Bertz CT molecular complexity index is 167. The second kappa shape index (κ2) is 6.14. The van der Waals surface area contributed by atoms with E-state index in [0.29, 0.717) is 6.61 Å². The molecule has 1 rings (SSSR count). The smallest absolute Gasteiger partial charge is 0.146 e. The maximum atomic E-state index is 9.09. The number of aliphatic hydroxyl groups excluding tert-OH is 2. The molecule has 0 radical (unpaired) electrons. The minimum absolute atomic E-state index is 0.101. The average Bonchev–Trinajstić information content (AvgIpc) is 2.60. The molecule has 0 saturated heterocycles. The van der Waals surface area contributed by atoms with Crippen molar-refractivity contribution >= 4 is 0 Å². The summed E-state index contributed by atoms with van der Waals surface area (Å²) < 4.78 is 10.0. The van der Waals surface area contributed by atoms with E-state index in [2.05, 4.69) is 0 Å². The fourth-order valence-corrected chi connectivity index (χ4v) is 1.80. The molecule has 1 aliphatic rings. The Balaban J connectivity index is 2.37. The molecular weight excluding hydrogens is 184 g/mol. The van der Waals surface area contributed by atoms with E-state index in [4.69, 9.17) is 19.7 Å². The number of ether oxygens (including phenoxy) is 2. The highest BCUT2D eigenvalue weighted by molar-refractivity contribution is 5.06. The molecule has 0 spiro atoms. The van der Waals surface area contributed by atoms with Crippen molar-refractivity contribution in [2.75, 3.05) is 33.7 Å². The van der Waals surface area contributed by atoms with Crippen LogP contribution in [0.5, 0.6) is 0 Å². The zero-order chi connectivity index (χ0) is 10.4. The molecule has 2 N–H and O–H groups in total. The SMILES string of the molecule is COCOCC1[C@@H](CO)C=C[C@H]1CO. The van der Waals surface area contributed by atoms with Crippen molar-refractivity contribution in [3.63, 3.8) is 0 Å². The molecule has 0 fully saturated rings. The standard InChI is InChI=1S/C10H18O4/c1-13-7-14-6-10-8(4-11)2-3-9(10)5-12/h2-3,8-12H,4-7H2,1H3/t8-,9+,10?. The summed E-state index contributed by atoms with van der Waals surface area (Å²) in [4.78, 5) is 0.